The molecule has 134 valence electrons. The number of H-pyrrole nitrogens is 1. The molecule has 1 N–H and O–H groups in total. The number of nitrogens with one attached hydrogen (secondary N) is 1. The molecule has 2 aliphatic heterocycles. The van der Waals surface area contributed by atoms with Crippen LogP contribution >= 0.6 is 0 Å². The summed E-state index contributed by atoms with van der Waals surface area (Å²) >= 11 is 0. The molecule has 7 nitrogen and oxygen atoms in total. The Morgan fingerprint density at radius 2 is 2.00 bits per heavy atom. The van der Waals surface area contributed by atoms with Gasteiger partial charge in [0, 0.05) is 56.9 Å². The van der Waals surface area contributed by atoms with Crippen molar-refractivity contribution in [3.8, 4) is 11.5 Å². The van der Waals surface area contributed by atoms with E-state index in [4.69, 9.17) is 0 Å². The lowest BCUT2D eigenvalue weighted by Gasteiger charge is -2.36. The second kappa shape index (κ2) is 7.13. The highest BCUT2D eigenvalue weighted by molar-refractivity contribution is 5.54. The number of anilines is 1. The number of piperazine rings is 1. The summed E-state index contributed by atoms with van der Waals surface area (Å²) in [5.74, 6) is 1.11. The van der Waals surface area contributed by atoms with Crippen LogP contribution in [-0.2, 0) is 0 Å². The standard InChI is InChI=1S/C19H22N6O/c1-23-10-12-24(13-11-23)15-5-8-25(9-6-15)17-14-18(26)22-19(21-17)16-4-2-3-7-20-16/h2-8,14H,9-13H2,1H3,(H,21,22,26). The number of aromatic nitrogens is 3. The van der Waals surface area contributed by atoms with Crippen LogP contribution in [0.5, 0.6) is 0 Å². The van der Waals surface area contributed by atoms with Gasteiger partial charge < -0.3 is 19.7 Å². The summed E-state index contributed by atoms with van der Waals surface area (Å²) in [5.41, 5.74) is 1.71. The fourth-order valence-electron chi connectivity index (χ4n) is 3.17. The smallest absolute Gasteiger partial charge is 0.253 e. The molecular weight excluding hydrogens is 328 g/mol. The largest absolute Gasteiger partial charge is 0.369 e. The average molecular weight is 350 g/mol. The highest BCUT2D eigenvalue weighted by Gasteiger charge is 2.18. The minimum Gasteiger partial charge on any atom is -0.369 e. The van der Waals surface area contributed by atoms with Gasteiger partial charge in [0.05, 0.1) is 0 Å². The van der Waals surface area contributed by atoms with Gasteiger partial charge >= 0.3 is 0 Å². The summed E-state index contributed by atoms with van der Waals surface area (Å²) in [5, 5.41) is 0. The minimum atomic E-state index is -0.183. The maximum Gasteiger partial charge on any atom is 0.253 e. The molecule has 0 radical (unpaired) electrons. The third-order valence-corrected chi connectivity index (χ3v) is 4.72. The molecule has 0 atom stereocenters. The number of nitrogens with zero attached hydrogens (tertiary/aromatic N) is 5. The summed E-state index contributed by atoms with van der Waals surface area (Å²) in [6.45, 7) is 4.94. The average Bonchev–Trinajstić information content (AvgIpc) is 2.69. The Morgan fingerprint density at radius 1 is 1.15 bits per heavy atom. The molecule has 4 heterocycles. The number of pyridine rings is 1. The number of likely N-dealkylation sites (N-methyl/N-ethyl adjacent to an activating group) is 1. The lowest BCUT2D eigenvalue weighted by Crippen LogP contribution is -2.44. The monoisotopic (exact) mass is 350 g/mol. The fraction of sp³-hybridized carbons (Fsp3) is 0.316. The van der Waals surface area contributed by atoms with Crippen molar-refractivity contribution in [3.05, 3.63) is 64.9 Å². The van der Waals surface area contributed by atoms with Crippen LogP contribution in [0.4, 0.5) is 5.82 Å². The van der Waals surface area contributed by atoms with Gasteiger partial charge in [0.2, 0.25) is 0 Å². The van der Waals surface area contributed by atoms with Crippen molar-refractivity contribution in [1.29, 1.82) is 0 Å². The molecule has 1 saturated heterocycles. The lowest BCUT2D eigenvalue weighted by molar-refractivity contribution is 0.189. The van der Waals surface area contributed by atoms with Crippen molar-refractivity contribution < 1.29 is 0 Å². The zero-order chi connectivity index (χ0) is 17.9. The molecule has 7 heteroatoms. The number of hydrogen-bond donors (Lipinski definition) is 1. The van der Waals surface area contributed by atoms with E-state index in [2.05, 4.69) is 44.0 Å². The van der Waals surface area contributed by atoms with Gasteiger partial charge in [-0.3, -0.25) is 9.78 Å². The highest BCUT2D eigenvalue weighted by atomic mass is 16.1. The first-order valence-electron chi connectivity index (χ1n) is 8.80. The van der Waals surface area contributed by atoms with E-state index in [-0.39, 0.29) is 5.56 Å². The van der Waals surface area contributed by atoms with Crippen molar-refractivity contribution in [2.75, 3.05) is 44.7 Å². The summed E-state index contributed by atoms with van der Waals surface area (Å²) < 4.78 is 0. The number of rotatable bonds is 3. The van der Waals surface area contributed by atoms with Gasteiger partial charge in [0.15, 0.2) is 5.82 Å². The van der Waals surface area contributed by atoms with Crippen LogP contribution in [0.3, 0.4) is 0 Å². The normalized spacial score (nSPS) is 18.1. The minimum absolute atomic E-state index is 0.183. The molecule has 2 aromatic heterocycles. The van der Waals surface area contributed by atoms with Crippen LogP contribution in [0.2, 0.25) is 0 Å². The predicted octanol–water partition coefficient (Wildman–Crippen LogP) is 1.30. The van der Waals surface area contributed by atoms with Crippen molar-refractivity contribution in [2.45, 2.75) is 0 Å². The van der Waals surface area contributed by atoms with Crippen LogP contribution in [0.15, 0.2) is 59.3 Å². The number of allylic oxidation sites excluding steroid dienone is 1. The molecule has 0 bridgehead atoms. The Labute approximate surface area is 152 Å². The first-order valence-corrected chi connectivity index (χ1v) is 8.80. The Kier molecular flexibility index (Phi) is 4.53. The zero-order valence-electron chi connectivity index (χ0n) is 14.8. The van der Waals surface area contributed by atoms with E-state index in [9.17, 15) is 4.79 Å². The maximum absolute atomic E-state index is 12.1. The predicted molar refractivity (Wildman–Crippen MR) is 102 cm³/mol. The fourth-order valence-corrected chi connectivity index (χ4v) is 3.17. The molecule has 1 fully saturated rings. The Bertz CT molecular complexity index is 880. The molecule has 0 unspecified atom stereocenters. The third-order valence-electron chi connectivity index (χ3n) is 4.72. The van der Waals surface area contributed by atoms with E-state index in [0.29, 0.717) is 23.9 Å². The van der Waals surface area contributed by atoms with Crippen molar-refractivity contribution >= 4 is 5.82 Å². The Balaban J connectivity index is 1.52. The molecule has 0 amide bonds. The molecule has 2 aliphatic rings. The second-order valence-corrected chi connectivity index (χ2v) is 6.55. The molecule has 4 rings (SSSR count). The molecule has 0 aromatic carbocycles. The summed E-state index contributed by atoms with van der Waals surface area (Å²) in [6, 6.07) is 7.06. The summed E-state index contributed by atoms with van der Waals surface area (Å²) in [7, 11) is 2.15. The van der Waals surface area contributed by atoms with E-state index in [0.717, 1.165) is 26.2 Å². The lowest BCUT2D eigenvalue weighted by atomic mass is 10.2. The highest BCUT2D eigenvalue weighted by Crippen LogP contribution is 2.20. The van der Waals surface area contributed by atoms with Gasteiger partial charge in [-0.2, -0.15) is 0 Å². The van der Waals surface area contributed by atoms with Crippen molar-refractivity contribution in [1.82, 2.24) is 24.8 Å². The van der Waals surface area contributed by atoms with Crippen LogP contribution in [0, 0.1) is 0 Å². The zero-order valence-corrected chi connectivity index (χ0v) is 14.8. The van der Waals surface area contributed by atoms with Gasteiger partial charge in [-0.15, -0.1) is 0 Å². The second-order valence-electron chi connectivity index (χ2n) is 6.55. The molecule has 2 aromatic rings. The van der Waals surface area contributed by atoms with Crippen LogP contribution in [0.1, 0.15) is 0 Å². The summed E-state index contributed by atoms with van der Waals surface area (Å²) in [4.78, 5) is 30.4. The van der Waals surface area contributed by atoms with Gasteiger partial charge in [0.1, 0.15) is 11.5 Å². The summed E-state index contributed by atoms with van der Waals surface area (Å²) in [6.07, 6.45) is 7.97. The van der Waals surface area contributed by atoms with E-state index in [1.807, 2.05) is 29.3 Å². The third kappa shape index (κ3) is 3.52. The van der Waals surface area contributed by atoms with E-state index >= 15 is 0 Å². The molecular formula is C19H22N6O. The van der Waals surface area contributed by atoms with Crippen molar-refractivity contribution in [3.63, 3.8) is 0 Å². The van der Waals surface area contributed by atoms with Crippen LogP contribution < -0.4 is 10.5 Å². The quantitative estimate of drug-likeness (QED) is 0.900. The Morgan fingerprint density at radius 3 is 2.69 bits per heavy atom. The van der Waals surface area contributed by atoms with E-state index in [1.165, 1.54) is 11.8 Å². The maximum atomic E-state index is 12.1. The van der Waals surface area contributed by atoms with Gasteiger partial charge in [-0.1, -0.05) is 6.07 Å². The van der Waals surface area contributed by atoms with Gasteiger partial charge in [-0.25, -0.2) is 4.98 Å². The van der Waals surface area contributed by atoms with Crippen LogP contribution in [-0.4, -0.2) is 64.5 Å². The number of aromatic amines is 1. The van der Waals surface area contributed by atoms with Gasteiger partial charge in [-0.05, 0) is 31.3 Å². The topological polar surface area (TPSA) is 68.4 Å². The van der Waals surface area contributed by atoms with E-state index in [1.54, 1.807) is 6.20 Å². The van der Waals surface area contributed by atoms with E-state index < -0.39 is 0 Å². The van der Waals surface area contributed by atoms with Crippen molar-refractivity contribution in [2.24, 2.45) is 0 Å². The number of hydrogen-bond acceptors (Lipinski definition) is 6. The molecule has 26 heavy (non-hydrogen) atoms. The SMILES string of the molecule is CN1CCN(C2=CCN(c3cc(=O)[nH]c(-c4ccccn4)n3)C=C2)CC1. The van der Waals surface area contributed by atoms with Gasteiger partial charge in [0.25, 0.3) is 5.56 Å². The molecule has 0 spiro atoms. The Hall–Kier alpha value is -2.93. The van der Waals surface area contributed by atoms with Crippen LogP contribution in [0.25, 0.3) is 11.5 Å². The molecule has 0 aliphatic carbocycles. The first-order chi connectivity index (χ1) is 12.7. The molecule has 0 saturated carbocycles. The first kappa shape index (κ1) is 16.5.